The summed E-state index contributed by atoms with van der Waals surface area (Å²) in [6.07, 6.45) is 1.48. The minimum atomic E-state index is -4.41. The highest BCUT2D eigenvalue weighted by Crippen LogP contribution is 2.35. The third kappa shape index (κ3) is 6.92. The molecule has 45 heavy (non-hydrogen) atoms. The lowest BCUT2D eigenvalue weighted by atomic mass is 10.1. The number of nitrogens with zero attached hydrogens (tertiary/aromatic N) is 6. The highest BCUT2D eigenvalue weighted by atomic mass is 35.5. The molecule has 6 rings (SSSR count). The molecular weight excluding hydrogens is 646 g/mol. The van der Waals surface area contributed by atoms with Gasteiger partial charge in [0.2, 0.25) is 0 Å². The number of carbonyl (C=O) groups excluding carboxylic acids is 1. The maximum atomic E-state index is 14.4. The van der Waals surface area contributed by atoms with Crippen LogP contribution in [0.15, 0.2) is 67.3 Å². The molecule has 1 N–H and O–H groups in total. The summed E-state index contributed by atoms with van der Waals surface area (Å²) >= 11 is 14.2. The second kappa shape index (κ2) is 13.1. The van der Waals surface area contributed by atoms with Gasteiger partial charge in [-0.2, -0.15) is 23.4 Å². The first-order chi connectivity index (χ1) is 21.7. The number of nitrogens with one attached hydrogen (secondary N) is 1. The minimum Gasteiger partial charge on any atom is -0.276 e. The van der Waals surface area contributed by atoms with Crippen molar-refractivity contribution in [2.75, 3.05) is 18.1 Å². The molecule has 3 aromatic heterocycles. The molecule has 1 saturated heterocycles. The second-order valence-corrected chi connectivity index (χ2v) is 12.2. The molecule has 14 heteroatoms. The standard InChI is InChI=1S/C31H24Cl2F3N7OS/c32-22-9-12-26(25(33)16-22)43(42-14-2-1-3-15-42)30(44)29-24(17-41-19-37-18-38-41)28(39-40-29)27-13-11-23(45-27)10-6-20-4-7-21(8-5-20)31(34,35)36/h4-5,7-9,11-13,16,18-19H,1-3,14-15,17H2,(H,39,40). The number of hydrogen-bond donors (Lipinski definition) is 1. The van der Waals surface area contributed by atoms with Crippen LogP contribution in [-0.2, 0) is 12.7 Å². The molecule has 0 spiro atoms. The predicted octanol–water partition coefficient (Wildman–Crippen LogP) is 7.55. The van der Waals surface area contributed by atoms with E-state index in [0.29, 0.717) is 50.5 Å². The fourth-order valence-electron chi connectivity index (χ4n) is 5.01. The maximum absolute atomic E-state index is 14.4. The fraction of sp³-hybridized carbons (Fsp3) is 0.226. The molecule has 0 unspecified atom stereocenters. The van der Waals surface area contributed by atoms with Crippen molar-refractivity contribution in [3.63, 3.8) is 0 Å². The highest BCUT2D eigenvalue weighted by molar-refractivity contribution is 7.16. The fourth-order valence-corrected chi connectivity index (χ4v) is 6.38. The average Bonchev–Trinajstić information content (AvgIpc) is 3.80. The number of H-pyrrole nitrogens is 1. The Morgan fingerprint density at radius 3 is 2.49 bits per heavy atom. The molecule has 0 bridgehead atoms. The van der Waals surface area contributed by atoms with Gasteiger partial charge in [0, 0.05) is 29.2 Å². The van der Waals surface area contributed by atoms with E-state index in [-0.39, 0.29) is 18.1 Å². The second-order valence-electron chi connectivity index (χ2n) is 10.2. The zero-order valence-electron chi connectivity index (χ0n) is 23.5. The summed E-state index contributed by atoms with van der Waals surface area (Å²) in [6.45, 7) is 1.55. The van der Waals surface area contributed by atoms with E-state index < -0.39 is 11.7 Å². The first kappa shape index (κ1) is 30.9. The highest BCUT2D eigenvalue weighted by Gasteiger charge is 2.33. The van der Waals surface area contributed by atoms with Gasteiger partial charge in [-0.05, 0) is 67.4 Å². The average molecular weight is 671 g/mol. The number of hydrogen-bond acceptors (Lipinski definition) is 6. The van der Waals surface area contributed by atoms with Crippen LogP contribution in [0, 0.1) is 11.8 Å². The van der Waals surface area contributed by atoms with Gasteiger partial charge in [0.1, 0.15) is 12.7 Å². The molecule has 0 aliphatic carbocycles. The van der Waals surface area contributed by atoms with Gasteiger partial charge in [0.05, 0.1) is 38.3 Å². The van der Waals surface area contributed by atoms with E-state index in [0.717, 1.165) is 36.3 Å². The molecule has 2 aromatic carbocycles. The smallest absolute Gasteiger partial charge is 0.276 e. The topological polar surface area (TPSA) is 82.9 Å². The van der Waals surface area contributed by atoms with Gasteiger partial charge >= 0.3 is 6.18 Å². The summed E-state index contributed by atoms with van der Waals surface area (Å²) < 4.78 is 40.3. The summed E-state index contributed by atoms with van der Waals surface area (Å²) in [4.78, 5) is 19.9. The number of alkyl halides is 3. The minimum absolute atomic E-state index is 0.197. The number of carbonyl (C=O) groups is 1. The van der Waals surface area contributed by atoms with Gasteiger partial charge in [-0.15, -0.1) is 11.3 Å². The molecule has 0 saturated carbocycles. The van der Waals surface area contributed by atoms with Crippen molar-refractivity contribution in [2.24, 2.45) is 0 Å². The van der Waals surface area contributed by atoms with E-state index in [9.17, 15) is 18.0 Å². The molecule has 0 radical (unpaired) electrons. The van der Waals surface area contributed by atoms with E-state index in [1.165, 1.54) is 29.8 Å². The molecule has 5 aromatic rings. The molecule has 4 heterocycles. The zero-order chi connectivity index (χ0) is 31.6. The third-order valence-corrected chi connectivity index (χ3v) is 8.75. The van der Waals surface area contributed by atoms with Crippen molar-refractivity contribution < 1.29 is 18.0 Å². The van der Waals surface area contributed by atoms with Crippen LogP contribution in [0.1, 0.15) is 51.3 Å². The van der Waals surface area contributed by atoms with Crippen LogP contribution in [0.25, 0.3) is 10.6 Å². The van der Waals surface area contributed by atoms with Crippen LogP contribution >= 0.6 is 34.5 Å². The molecule has 230 valence electrons. The molecule has 1 aliphatic heterocycles. The Bertz CT molecular complexity index is 1870. The Labute approximate surface area is 270 Å². The lowest BCUT2D eigenvalue weighted by molar-refractivity contribution is -0.137. The summed E-state index contributed by atoms with van der Waals surface area (Å²) in [7, 11) is 0. The SMILES string of the molecule is O=C(c1n[nH]c(-c2ccc(C#Cc3ccc(C(F)(F)F)cc3)s2)c1Cn1cncn1)N(c1ccc(Cl)cc1Cl)N1CCCCC1. The van der Waals surface area contributed by atoms with Crippen molar-refractivity contribution in [1.82, 2.24) is 30.0 Å². The van der Waals surface area contributed by atoms with Gasteiger partial charge in [-0.3, -0.25) is 9.89 Å². The number of thiophene rings is 1. The van der Waals surface area contributed by atoms with Gasteiger partial charge in [-0.25, -0.2) is 19.7 Å². The Morgan fingerprint density at radius 1 is 1.02 bits per heavy atom. The van der Waals surface area contributed by atoms with Crippen LogP contribution in [-0.4, -0.2) is 49.0 Å². The van der Waals surface area contributed by atoms with Gasteiger partial charge in [0.15, 0.2) is 5.69 Å². The Kier molecular flexibility index (Phi) is 8.96. The van der Waals surface area contributed by atoms with E-state index >= 15 is 0 Å². The predicted molar refractivity (Wildman–Crippen MR) is 167 cm³/mol. The number of halogens is 5. The van der Waals surface area contributed by atoms with E-state index in [4.69, 9.17) is 23.2 Å². The number of anilines is 1. The number of benzene rings is 2. The quantitative estimate of drug-likeness (QED) is 0.189. The molecular formula is C31H24Cl2F3N7OS. The number of aromatic amines is 1. The molecule has 1 amide bonds. The van der Waals surface area contributed by atoms with E-state index in [2.05, 4.69) is 32.1 Å². The zero-order valence-corrected chi connectivity index (χ0v) is 25.8. The Hall–Kier alpha value is -4.15. The molecule has 8 nitrogen and oxygen atoms in total. The van der Waals surface area contributed by atoms with E-state index in [1.54, 1.807) is 34.2 Å². The summed E-state index contributed by atoms with van der Waals surface area (Å²) in [5, 5.41) is 16.1. The van der Waals surface area contributed by atoms with Crippen molar-refractivity contribution in [2.45, 2.75) is 32.0 Å². The summed E-state index contributed by atoms with van der Waals surface area (Å²) in [6, 6.07) is 13.4. The number of rotatable bonds is 6. The van der Waals surface area contributed by atoms with Gasteiger partial charge in [0.25, 0.3) is 5.91 Å². The largest absolute Gasteiger partial charge is 0.416 e. The van der Waals surface area contributed by atoms with Crippen LogP contribution in [0.4, 0.5) is 18.9 Å². The summed E-state index contributed by atoms with van der Waals surface area (Å²) in [5.74, 6) is 5.57. The lowest BCUT2D eigenvalue weighted by Crippen LogP contribution is -2.49. The number of piperidine rings is 1. The maximum Gasteiger partial charge on any atom is 0.416 e. The lowest BCUT2D eigenvalue weighted by Gasteiger charge is -2.37. The van der Waals surface area contributed by atoms with Gasteiger partial charge in [-0.1, -0.05) is 41.5 Å². The van der Waals surface area contributed by atoms with Crippen molar-refractivity contribution in [3.05, 3.63) is 105 Å². The van der Waals surface area contributed by atoms with E-state index in [1.807, 2.05) is 17.1 Å². The first-order valence-electron chi connectivity index (χ1n) is 13.9. The molecule has 1 aliphatic rings. The number of amides is 1. The van der Waals surface area contributed by atoms with Crippen LogP contribution in [0.5, 0.6) is 0 Å². The number of aromatic nitrogens is 5. The van der Waals surface area contributed by atoms with Crippen molar-refractivity contribution >= 4 is 46.1 Å². The van der Waals surface area contributed by atoms with Crippen LogP contribution < -0.4 is 5.01 Å². The Balaban J connectivity index is 1.35. The monoisotopic (exact) mass is 669 g/mol. The van der Waals surface area contributed by atoms with Crippen molar-refractivity contribution in [3.8, 4) is 22.4 Å². The van der Waals surface area contributed by atoms with Gasteiger partial charge < -0.3 is 0 Å². The molecule has 0 atom stereocenters. The van der Waals surface area contributed by atoms with Crippen molar-refractivity contribution in [1.29, 1.82) is 0 Å². The molecule has 1 fully saturated rings. The first-order valence-corrected chi connectivity index (χ1v) is 15.5. The number of hydrazine groups is 1. The normalized spacial score (nSPS) is 13.8. The van der Waals surface area contributed by atoms with Crippen LogP contribution in [0.3, 0.4) is 0 Å². The Morgan fingerprint density at radius 2 is 1.80 bits per heavy atom. The third-order valence-electron chi connectivity index (χ3n) is 7.20. The van der Waals surface area contributed by atoms with Crippen LogP contribution in [0.2, 0.25) is 10.0 Å². The summed E-state index contributed by atoms with van der Waals surface area (Å²) in [5.41, 5.74) is 1.64.